The Morgan fingerprint density at radius 1 is 1.00 bits per heavy atom. The molecule has 2 aromatic carbocycles. The largest absolute Gasteiger partial charge is 0.491 e. The maximum absolute atomic E-state index is 13.0. The van der Waals surface area contributed by atoms with Gasteiger partial charge in [-0.2, -0.15) is 0 Å². The van der Waals surface area contributed by atoms with Crippen LogP contribution in [0.2, 0.25) is 0 Å². The number of rotatable bonds is 10. The smallest absolute Gasteiger partial charge is 0.413 e. The molecule has 0 aliphatic carbocycles. The van der Waals surface area contributed by atoms with Gasteiger partial charge in [0, 0.05) is 5.41 Å². The molecule has 2 aromatic rings. The lowest BCUT2D eigenvalue weighted by Gasteiger charge is -2.35. The molecule has 0 radical (unpaired) electrons. The Morgan fingerprint density at radius 3 is 2.09 bits per heavy atom. The topological polar surface area (TPSA) is 68.2 Å². The molecule has 0 bridgehead atoms. The summed E-state index contributed by atoms with van der Waals surface area (Å²) in [6.45, 7) is 25.2. The second-order valence-corrected chi connectivity index (χ2v) is 14.9. The van der Waals surface area contributed by atoms with Crippen LogP contribution in [-0.4, -0.2) is 52.8 Å². The van der Waals surface area contributed by atoms with Gasteiger partial charge in [-0.05, 0) is 113 Å². The Morgan fingerprint density at radius 2 is 1.58 bits per heavy atom. The predicted octanol–water partition coefficient (Wildman–Crippen LogP) is 8.50. The van der Waals surface area contributed by atoms with Gasteiger partial charge in [-0.25, -0.2) is 4.79 Å². The van der Waals surface area contributed by atoms with E-state index in [0.29, 0.717) is 13.2 Å². The number of hydrogen-bond acceptors (Lipinski definition) is 5. The zero-order chi connectivity index (χ0) is 32.4. The first-order valence-electron chi connectivity index (χ1n) is 16.0. The molecule has 6 nitrogen and oxygen atoms in total. The molecule has 1 aliphatic rings. The lowest BCUT2D eigenvalue weighted by Crippen LogP contribution is -2.51. The summed E-state index contributed by atoms with van der Waals surface area (Å²) in [5.74, 6) is 0.808. The average molecular weight is 596 g/mol. The summed E-state index contributed by atoms with van der Waals surface area (Å²) < 4.78 is 18.0. The maximum Gasteiger partial charge on any atom is 0.413 e. The lowest BCUT2D eigenvalue weighted by molar-refractivity contribution is -0.0637. The molecular formula is C37H57NO5. The summed E-state index contributed by atoms with van der Waals surface area (Å²) in [5.41, 5.74) is 4.65. The van der Waals surface area contributed by atoms with Crippen LogP contribution in [0.1, 0.15) is 116 Å². The monoisotopic (exact) mass is 595 g/mol. The molecule has 2 atom stereocenters. The molecular weight excluding hydrogens is 538 g/mol. The van der Waals surface area contributed by atoms with Gasteiger partial charge in [0.05, 0.1) is 18.8 Å². The molecule has 240 valence electrons. The van der Waals surface area contributed by atoms with E-state index in [-0.39, 0.29) is 23.0 Å². The maximum atomic E-state index is 13.0. The van der Waals surface area contributed by atoms with Gasteiger partial charge in [-0.3, -0.25) is 4.90 Å². The second kappa shape index (κ2) is 13.2. The molecule has 3 rings (SSSR count). The van der Waals surface area contributed by atoms with Crippen molar-refractivity contribution in [1.29, 1.82) is 0 Å². The van der Waals surface area contributed by atoms with Crippen LogP contribution in [-0.2, 0) is 21.3 Å². The van der Waals surface area contributed by atoms with E-state index >= 15 is 0 Å². The standard InChI is InChI=1S/C37H57NO5/c1-13-37(14-2,28-17-15-27(25(3)21-28)16-20-32(39)34(5,6)7)29-18-19-31(26(4)22-29)41-23-30-24-42-36(11,12)38(30)33(40)43-35(8,9)10/h15,17-19,21-22,30,32,39H,13-14,16,20,23-24H2,1-12H3/t30?,32-/m0/s1. The van der Waals surface area contributed by atoms with Gasteiger partial charge in [0.2, 0.25) is 0 Å². The summed E-state index contributed by atoms with van der Waals surface area (Å²) >= 11 is 0. The fourth-order valence-electron chi connectivity index (χ4n) is 6.21. The number of aryl methyl sites for hydroxylation is 3. The van der Waals surface area contributed by atoms with Crippen molar-refractivity contribution in [1.82, 2.24) is 4.90 Å². The summed E-state index contributed by atoms with van der Waals surface area (Å²) in [6.07, 6.45) is 2.87. The molecule has 43 heavy (non-hydrogen) atoms. The third-order valence-corrected chi connectivity index (χ3v) is 9.11. The fourth-order valence-corrected chi connectivity index (χ4v) is 6.21. The third kappa shape index (κ3) is 8.13. The molecule has 0 aromatic heterocycles. The Kier molecular flexibility index (Phi) is 10.7. The van der Waals surface area contributed by atoms with Crippen LogP contribution in [0.5, 0.6) is 5.75 Å². The number of carbonyl (C=O) groups is 1. The minimum Gasteiger partial charge on any atom is -0.491 e. The minimum absolute atomic E-state index is 0.111. The minimum atomic E-state index is -0.767. The van der Waals surface area contributed by atoms with Crippen LogP contribution < -0.4 is 4.74 Å². The molecule has 1 amide bonds. The van der Waals surface area contributed by atoms with Crippen molar-refractivity contribution in [2.24, 2.45) is 5.41 Å². The highest BCUT2D eigenvalue weighted by atomic mass is 16.6. The first-order chi connectivity index (χ1) is 19.8. The molecule has 0 spiro atoms. The lowest BCUT2D eigenvalue weighted by atomic mass is 9.69. The fraction of sp³-hybridized carbons (Fsp3) is 0.649. The normalized spacial score (nSPS) is 18.1. The van der Waals surface area contributed by atoms with E-state index in [0.717, 1.165) is 37.0 Å². The number of amides is 1. The van der Waals surface area contributed by atoms with Crippen molar-refractivity contribution in [3.05, 3.63) is 64.2 Å². The van der Waals surface area contributed by atoms with Crippen LogP contribution in [0, 0.1) is 19.3 Å². The van der Waals surface area contributed by atoms with Gasteiger partial charge in [0.1, 0.15) is 23.7 Å². The van der Waals surface area contributed by atoms with E-state index in [2.05, 4.69) is 84.9 Å². The molecule has 1 fully saturated rings. The van der Waals surface area contributed by atoms with Crippen LogP contribution in [0.25, 0.3) is 0 Å². The summed E-state index contributed by atoms with van der Waals surface area (Å²) in [4.78, 5) is 14.7. The van der Waals surface area contributed by atoms with E-state index in [1.165, 1.54) is 22.3 Å². The van der Waals surface area contributed by atoms with E-state index < -0.39 is 17.4 Å². The van der Waals surface area contributed by atoms with E-state index in [1.807, 2.05) is 34.6 Å². The number of carbonyl (C=O) groups excluding carboxylic acids is 1. The SMILES string of the molecule is CCC(CC)(c1ccc(CC[C@H](O)C(C)(C)C)c(C)c1)c1ccc(OCC2COC(C)(C)N2C(=O)OC(C)(C)C)c(C)c1. The Hall–Kier alpha value is -2.57. The van der Waals surface area contributed by atoms with Crippen molar-refractivity contribution in [3.63, 3.8) is 0 Å². The van der Waals surface area contributed by atoms with Crippen LogP contribution in [0.4, 0.5) is 4.79 Å². The number of ether oxygens (including phenoxy) is 3. The Labute approximate surface area is 261 Å². The summed E-state index contributed by atoms with van der Waals surface area (Å²) in [6, 6.07) is 13.2. The van der Waals surface area contributed by atoms with Crippen LogP contribution in [0.3, 0.4) is 0 Å². The summed E-state index contributed by atoms with van der Waals surface area (Å²) in [5, 5.41) is 10.6. The number of nitrogens with zero attached hydrogens (tertiary/aromatic N) is 1. The second-order valence-electron chi connectivity index (χ2n) is 14.9. The van der Waals surface area contributed by atoms with Crippen molar-refractivity contribution in [2.75, 3.05) is 13.2 Å². The van der Waals surface area contributed by atoms with Crippen molar-refractivity contribution in [2.45, 2.75) is 138 Å². The van der Waals surface area contributed by atoms with Gasteiger partial charge >= 0.3 is 6.09 Å². The highest BCUT2D eigenvalue weighted by Crippen LogP contribution is 2.41. The Bertz CT molecular complexity index is 1250. The molecule has 1 saturated heterocycles. The summed E-state index contributed by atoms with van der Waals surface area (Å²) in [7, 11) is 0. The van der Waals surface area contributed by atoms with Crippen LogP contribution in [0.15, 0.2) is 36.4 Å². The Balaban J connectivity index is 1.80. The first kappa shape index (κ1) is 34.9. The molecule has 1 aliphatic heterocycles. The van der Waals surface area contributed by atoms with Crippen molar-refractivity contribution in [3.8, 4) is 5.75 Å². The van der Waals surface area contributed by atoms with Crippen molar-refractivity contribution < 1.29 is 24.1 Å². The van der Waals surface area contributed by atoms with Gasteiger partial charge in [-0.1, -0.05) is 65.0 Å². The zero-order valence-electron chi connectivity index (χ0n) is 28.9. The van der Waals surface area contributed by atoms with Gasteiger partial charge < -0.3 is 19.3 Å². The first-order valence-corrected chi connectivity index (χ1v) is 16.0. The number of hydrogen-bond donors (Lipinski definition) is 1. The molecule has 6 heteroatoms. The van der Waals surface area contributed by atoms with E-state index in [1.54, 1.807) is 4.90 Å². The third-order valence-electron chi connectivity index (χ3n) is 9.11. The number of aliphatic hydroxyl groups excluding tert-OH is 1. The van der Waals surface area contributed by atoms with E-state index in [9.17, 15) is 9.90 Å². The number of aliphatic hydroxyl groups is 1. The molecule has 1 heterocycles. The number of benzene rings is 2. The highest BCUT2D eigenvalue weighted by molar-refractivity contribution is 5.69. The van der Waals surface area contributed by atoms with E-state index in [4.69, 9.17) is 14.2 Å². The quantitative estimate of drug-likeness (QED) is 0.298. The molecule has 0 saturated carbocycles. The van der Waals surface area contributed by atoms with Gasteiger partial charge in [0.25, 0.3) is 0 Å². The van der Waals surface area contributed by atoms with Gasteiger partial charge in [0.15, 0.2) is 0 Å². The van der Waals surface area contributed by atoms with Crippen molar-refractivity contribution >= 4 is 6.09 Å². The zero-order valence-corrected chi connectivity index (χ0v) is 28.9. The molecule has 1 unspecified atom stereocenters. The van der Waals surface area contributed by atoms with Gasteiger partial charge in [-0.15, -0.1) is 0 Å². The van der Waals surface area contributed by atoms with Crippen LogP contribution >= 0.6 is 0 Å². The average Bonchev–Trinajstić information content (AvgIpc) is 3.20. The highest BCUT2D eigenvalue weighted by Gasteiger charge is 2.46. The molecule has 1 N–H and O–H groups in total. The predicted molar refractivity (Wildman–Crippen MR) is 175 cm³/mol.